The third-order valence-corrected chi connectivity index (χ3v) is 4.37. The Balaban J connectivity index is 0.000000328. The van der Waals surface area contributed by atoms with Gasteiger partial charge in [0.1, 0.15) is 0 Å². The first kappa shape index (κ1) is 14.1. The van der Waals surface area contributed by atoms with E-state index in [9.17, 15) is 8.42 Å². The number of benzene rings is 2. The monoisotopic (exact) mass is 291 g/mol. The van der Waals surface area contributed by atoms with Crippen LogP contribution >= 0.6 is 0 Å². The SMILES string of the molecule is CC(=O)O.O=S(=O)(c1ccccc1)n1c2ccc1cc2. The molecule has 20 heavy (non-hydrogen) atoms. The van der Waals surface area contributed by atoms with Gasteiger partial charge >= 0.3 is 0 Å². The highest BCUT2D eigenvalue weighted by atomic mass is 32.2. The topological polar surface area (TPSA) is 76.4 Å². The van der Waals surface area contributed by atoms with Crippen molar-refractivity contribution in [3.8, 4) is 0 Å². The minimum absolute atomic E-state index is 0.317. The molecule has 5 nitrogen and oxygen atoms in total. The molecule has 0 aliphatic rings. The maximum absolute atomic E-state index is 12.3. The van der Waals surface area contributed by atoms with Gasteiger partial charge in [-0.25, -0.2) is 12.4 Å². The minimum Gasteiger partial charge on any atom is -0.481 e. The molecular weight excluding hydrogens is 278 g/mol. The maximum Gasteiger partial charge on any atom is 0.300 e. The molecule has 0 aliphatic carbocycles. The Morgan fingerprint density at radius 3 is 1.75 bits per heavy atom. The zero-order valence-corrected chi connectivity index (χ0v) is 11.5. The van der Waals surface area contributed by atoms with E-state index in [2.05, 4.69) is 0 Å². The van der Waals surface area contributed by atoms with Gasteiger partial charge in [0, 0.05) is 6.92 Å². The second-order valence-corrected chi connectivity index (χ2v) is 5.90. The van der Waals surface area contributed by atoms with Crippen LogP contribution in [-0.2, 0) is 14.8 Å². The molecule has 0 radical (unpaired) electrons. The third-order valence-electron chi connectivity index (χ3n) is 2.60. The van der Waals surface area contributed by atoms with E-state index in [-0.39, 0.29) is 0 Å². The van der Waals surface area contributed by atoms with Crippen LogP contribution in [0.5, 0.6) is 0 Å². The molecule has 3 rings (SSSR count). The summed E-state index contributed by atoms with van der Waals surface area (Å²) in [6.45, 7) is 1.08. The van der Waals surface area contributed by atoms with E-state index < -0.39 is 16.0 Å². The zero-order valence-electron chi connectivity index (χ0n) is 10.7. The second-order valence-electron chi connectivity index (χ2n) is 4.12. The van der Waals surface area contributed by atoms with Gasteiger partial charge in [0.2, 0.25) is 0 Å². The largest absolute Gasteiger partial charge is 0.481 e. The molecule has 2 heterocycles. The van der Waals surface area contributed by atoms with Crippen molar-refractivity contribution in [3.05, 3.63) is 54.6 Å². The summed E-state index contributed by atoms with van der Waals surface area (Å²) in [4.78, 5) is 9.32. The number of carboxylic acids is 1. The normalized spacial score (nSPS) is 11.1. The van der Waals surface area contributed by atoms with Crippen LogP contribution in [0.15, 0.2) is 59.5 Å². The standard InChI is InChI=1S/C12H9NO2S.C2H4O2/c14-16(15,12-4-2-1-3-5-12)13-10-6-7-11(13)9-8-10;1-2(3)4/h1-9H;1H3,(H,3,4). The lowest BCUT2D eigenvalue weighted by Crippen LogP contribution is -2.10. The van der Waals surface area contributed by atoms with Gasteiger partial charge < -0.3 is 5.11 Å². The van der Waals surface area contributed by atoms with E-state index in [0.717, 1.165) is 6.92 Å². The molecule has 0 amide bonds. The molecule has 0 spiro atoms. The van der Waals surface area contributed by atoms with Crippen LogP contribution in [0.2, 0.25) is 0 Å². The number of carboxylic acid groups (broad SMARTS) is 1. The van der Waals surface area contributed by atoms with E-state index in [1.807, 2.05) is 0 Å². The fraction of sp³-hybridized carbons (Fsp3) is 0.0714. The molecule has 0 atom stereocenters. The molecule has 3 aromatic rings. The number of rotatable bonds is 2. The smallest absolute Gasteiger partial charge is 0.300 e. The van der Waals surface area contributed by atoms with Crippen LogP contribution in [0.25, 0.3) is 11.0 Å². The summed E-state index contributed by atoms with van der Waals surface area (Å²) in [5.74, 6) is -0.833. The van der Waals surface area contributed by atoms with Gasteiger partial charge in [-0.05, 0) is 36.4 Å². The van der Waals surface area contributed by atoms with Gasteiger partial charge in [-0.15, -0.1) is 0 Å². The average Bonchev–Trinajstić information content (AvgIpc) is 2.99. The van der Waals surface area contributed by atoms with Crippen molar-refractivity contribution >= 4 is 27.0 Å². The molecule has 0 aliphatic heterocycles. The molecule has 0 unspecified atom stereocenters. The summed E-state index contributed by atoms with van der Waals surface area (Å²) >= 11 is 0. The lowest BCUT2D eigenvalue weighted by Gasteiger charge is -2.05. The van der Waals surface area contributed by atoms with Gasteiger partial charge in [-0.2, -0.15) is 0 Å². The molecular formula is C14H13NO4S. The van der Waals surface area contributed by atoms with E-state index in [4.69, 9.17) is 9.90 Å². The molecule has 2 aromatic heterocycles. The van der Waals surface area contributed by atoms with E-state index >= 15 is 0 Å². The van der Waals surface area contributed by atoms with Crippen molar-refractivity contribution in [1.82, 2.24) is 3.97 Å². The molecule has 0 fully saturated rings. The first-order chi connectivity index (χ1) is 9.43. The Morgan fingerprint density at radius 2 is 1.35 bits per heavy atom. The predicted molar refractivity (Wildman–Crippen MR) is 75.5 cm³/mol. The Kier molecular flexibility index (Phi) is 3.76. The lowest BCUT2D eigenvalue weighted by molar-refractivity contribution is -0.134. The summed E-state index contributed by atoms with van der Waals surface area (Å²) in [6, 6.07) is 15.7. The van der Waals surface area contributed by atoms with Crippen molar-refractivity contribution in [2.45, 2.75) is 11.8 Å². The van der Waals surface area contributed by atoms with Gasteiger partial charge in [0.05, 0.1) is 15.9 Å². The third kappa shape index (κ3) is 2.65. The average molecular weight is 291 g/mol. The van der Waals surface area contributed by atoms with Crippen LogP contribution in [0.1, 0.15) is 6.92 Å². The fourth-order valence-electron chi connectivity index (χ4n) is 1.85. The second kappa shape index (κ2) is 5.34. The molecule has 0 saturated carbocycles. The van der Waals surface area contributed by atoms with Crippen LogP contribution in [0.3, 0.4) is 0 Å². The lowest BCUT2D eigenvalue weighted by atomic mass is 10.4. The Labute approximate surface area is 116 Å². The van der Waals surface area contributed by atoms with Gasteiger partial charge in [-0.3, -0.25) is 4.79 Å². The fourth-order valence-corrected chi connectivity index (χ4v) is 3.36. The summed E-state index contributed by atoms with van der Waals surface area (Å²) in [5.41, 5.74) is 1.41. The van der Waals surface area contributed by atoms with Crippen molar-refractivity contribution in [2.24, 2.45) is 0 Å². The van der Waals surface area contributed by atoms with E-state index in [0.29, 0.717) is 15.9 Å². The van der Waals surface area contributed by atoms with E-state index in [1.54, 1.807) is 54.6 Å². The molecule has 2 bridgehead atoms. The number of hydrogen-bond donors (Lipinski definition) is 1. The minimum atomic E-state index is -3.44. The molecule has 1 N–H and O–H groups in total. The van der Waals surface area contributed by atoms with Gasteiger partial charge in [0.25, 0.3) is 16.0 Å². The zero-order chi connectivity index (χ0) is 14.8. The maximum atomic E-state index is 12.3. The number of aliphatic carboxylic acids is 1. The predicted octanol–water partition coefficient (Wildman–Crippen LogP) is 2.41. The number of hydrogen-bond acceptors (Lipinski definition) is 3. The Bertz CT molecular complexity index is 754. The number of nitrogens with zero attached hydrogens (tertiary/aromatic N) is 1. The van der Waals surface area contributed by atoms with Gasteiger partial charge in [-0.1, -0.05) is 18.2 Å². The van der Waals surface area contributed by atoms with Crippen LogP contribution in [-0.4, -0.2) is 23.5 Å². The summed E-state index contributed by atoms with van der Waals surface area (Å²) in [6.07, 6.45) is 0. The highest BCUT2D eigenvalue weighted by molar-refractivity contribution is 7.90. The van der Waals surface area contributed by atoms with Crippen molar-refractivity contribution in [1.29, 1.82) is 0 Å². The van der Waals surface area contributed by atoms with E-state index in [1.165, 1.54) is 3.97 Å². The molecule has 0 saturated heterocycles. The first-order valence-electron chi connectivity index (χ1n) is 5.83. The van der Waals surface area contributed by atoms with Crippen molar-refractivity contribution in [3.63, 3.8) is 0 Å². The number of aromatic nitrogens is 1. The van der Waals surface area contributed by atoms with Crippen molar-refractivity contribution in [2.75, 3.05) is 0 Å². The number of fused-ring (bicyclic) bond motifs is 2. The van der Waals surface area contributed by atoms with Crippen LogP contribution < -0.4 is 0 Å². The van der Waals surface area contributed by atoms with Crippen LogP contribution in [0, 0.1) is 0 Å². The highest BCUT2D eigenvalue weighted by Crippen LogP contribution is 2.23. The first-order valence-corrected chi connectivity index (χ1v) is 7.27. The summed E-state index contributed by atoms with van der Waals surface area (Å²) in [7, 11) is -3.44. The quantitative estimate of drug-likeness (QED) is 0.786. The van der Waals surface area contributed by atoms with Gasteiger partial charge in [0.15, 0.2) is 0 Å². The van der Waals surface area contributed by atoms with Crippen LogP contribution in [0.4, 0.5) is 0 Å². The Morgan fingerprint density at radius 1 is 0.950 bits per heavy atom. The Hall–Kier alpha value is -2.34. The molecule has 1 aromatic carbocycles. The molecule has 6 heteroatoms. The number of carbonyl (C=O) groups is 1. The molecule has 104 valence electrons. The summed E-state index contributed by atoms with van der Waals surface area (Å²) < 4.78 is 26.0. The summed E-state index contributed by atoms with van der Waals surface area (Å²) in [5, 5.41) is 7.42. The van der Waals surface area contributed by atoms with Crippen molar-refractivity contribution < 1.29 is 18.3 Å². The highest BCUT2D eigenvalue weighted by Gasteiger charge is 2.20.